The summed E-state index contributed by atoms with van der Waals surface area (Å²) >= 11 is 0. The van der Waals surface area contributed by atoms with Gasteiger partial charge in [-0.05, 0) is 40.7 Å². The topological polar surface area (TPSA) is 61.5 Å². The summed E-state index contributed by atoms with van der Waals surface area (Å²) in [7, 11) is 1.34. The summed E-state index contributed by atoms with van der Waals surface area (Å²) in [5, 5.41) is 0. The normalized spacial score (nSPS) is 12.5. The summed E-state index contributed by atoms with van der Waals surface area (Å²) in [6.07, 6.45) is 0.446. The molecule has 4 heteroatoms. The fourth-order valence-corrected chi connectivity index (χ4v) is 2.48. The average molecular weight is 341 g/mol. The number of hydrogen-bond donors (Lipinski definition) is 1. The van der Waals surface area contributed by atoms with E-state index in [1.807, 2.05) is 24.3 Å². The lowest BCUT2D eigenvalue weighted by molar-refractivity contribution is -0.142. The highest BCUT2D eigenvalue weighted by Crippen LogP contribution is 2.22. The van der Waals surface area contributed by atoms with Crippen molar-refractivity contribution in [1.29, 1.82) is 0 Å². The number of carbonyl (C=O) groups is 1. The van der Waals surface area contributed by atoms with Crippen LogP contribution in [0.4, 0.5) is 0 Å². The third-order valence-corrected chi connectivity index (χ3v) is 4.11. The van der Waals surface area contributed by atoms with Gasteiger partial charge in [-0.2, -0.15) is 0 Å². The molecule has 0 heterocycles. The lowest BCUT2D eigenvalue weighted by atomic mass is 9.87. The summed E-state index contributed by atoms with van der Waals surface area (Å²) in [6.45, 7) is 7.12. The molecule has 0 bridgehead atoms. The first-order chi connectivity index (χ1) is 11.8. The maximum absolute atomic E-state index is 11.4. The summed E-state index contributed by atoms with van der Waals surface area (Å²) in [5.41, 5.74) is 9.33. The zero-order valence-electron chi connectivity index (χ0n) is 15.4. The molecule has 0 amide bonds. The van der Waals surface area contributed by atoms with E-state index in [4.69, 9.17) is 10.5 Å². The van der Waals surface area contributed by atoms with Gasteiger partial charge in [-0.15, -0.1) is 0 Å². The molecule has 0 radical (unpaired) electrons. The lowest BCUT2D eigenvalue weighted by Gasteiger charge is -2.19. The van der Waals surface area contributed by atoms with Gasteiger partial charge < -0.3 is 15.2 Å². The van der Waals surface area contributed by atoms with Gasteiger partial charge in [0.25, 0.3) is 0 Å². The van der Waals surface area contributed by atoms with Crippen molar-refractivity contribution in [3.63, 3.8) is 0 Å². The minimum atomic E-state index is -0.641. The van der Waals surface area contributed by atoms with Crippen LogP contribution in [0.2, 0.25) is 0 Å². The van der Waals surface area contributed by atoms with E-state index in [1.54, 1.807) is 0 Å². The van der Waals surface area contributed by atoms with E-state index in [9.17, 15) is 4.79 Å². The second-order valence-electron chi connectivity index (χ2n) is 7.21. The third-order valence-electron chi connectivity index (χ3n) is 4.11. The molecule has 0 saturated heterocycles. The van der Waals surface area contributed by atoms with Crippen molar-refractivity contribution in [3.8, 4) is 5.75 Å². The van der Waals surface area contributed by atoms with Crippen LogP contribution in [0.3, 0.4) is 0 Å². The Labute approximate surface area is 150 Å². The molecule has 0 aliphatic heterocycles. The highest BCUT2D eigenvalue weighted by molar-refractivity contribution is 5.75. The first-order valence-electron chi connectivity index (χ1n) is 8.44. The summed E-state index contributed by atoms with van der Waals surface area (Å²) in [5.74, 6) is 0.384. The monoisotopic (exact) mass is 341 g/mol. The van der Waals surface area contributed by atoms with Gasteiger partial charge in [0.15, 0.2) is 0 Å². The number of rotatable bonds is 6. The largest absolute Gasteiger partial charge is 0.489 e. The molecule has 2 aromatic carbocycles. The molecule has 0 aliphatic rings. The lowest BCUT2D eigenvalue weighted by Crippen LogP contribution is -2.33. The van der Waals surface area contributed by atoms with Crippen LogP contribution in [0.25, 0.3) is 0 Å². The molecule has 2 rings (SSSR count). The number of methoxy groups -OCH3 is 1. The molecule has 1 atom stereocenters. The molecule has 2 aromatic rings. The van der Waals surface area contributed by atoms with E-state index < -0.39 is 12.0 Å². The number of ether oxygens (including phenoxy) is 2. The van der Waals surface area contributed by atoms with Crippen LogP contribution in [0.15, 0.2) is 48.5 Å². The van der Waals surface area contributed by atoms with E-state index in [0.29, 0.717) is 13.0 Å². The SMILES string of the molecule is COC(=O)[C@@H](N)Cc1ccc(OCc2ccc(C(C)(C)C)cc2)cc1. The van der Waals surface area contributed by atoms with Crippen LogP contribution in [-0.4, -0.2) is 19.1 Å². The number of hydrogen-bond acceptors (Lipinski definition) is 4. The standard InChI is InChI=1S/C21H27NO3/c1-21(2,3)17-9-5-16(6-10-17)14-25-18-11-7-15(8-12-18)13-19(22)20(23)24-4/h5-12,19H,13-14,22H2,1-4H3/t19-/m0/s1. The first kappa shape index (κ1) is 19.0. The second kappa shape index (κ2) is 8.17. The molecular weight excluding hydrogens is 314 g/mol. The van der Waals surface area contributed by atoms with Gasteiger partial charge in [0, 0.05) is 0 Å². The Morgan fingerprint density at radius 1 is 1.00 bits per heavy atom. The van der Waals surface area contributed by atoms with E-state index in [1.165, 1.54) is 12.7 Å². The van der Waals surface area contributed by atoms with Gasteiger partial charge in [-0.3, -0.25) is 4.79 Å². The molecule has 0 saturated carbocycles. The highest BCUT2D eigenvalue weighted by atomic mass is 16.5. The Morgan fingerprint density at radius 3 is 2.08 bits per heavy atom. The van der Waals surface area contributed by atoms with Crippen LogP contribution in [-0.2, 0) is 28.0 Å². The first-order valence-corrected chi connectivity index (χ1v) is 8.44. The maximum atomic E-state index is 11.4. The summed E-state index contributed by atoms with van der Waals surface area (Å²) < 4.78 is 10.5. The van der Waals surface area contributed by atoms with Gasteiger partial charge >= 0.3 is 5.97 Å². The van der Waals surface area contributed by atoms with Crippen molar-refractivity contribution in [1.82, 2.24) is 0 Å². The Kier molecular flexibility index (Phi) is 6.21. The molecule has 0 aromatic heterocycles. The Bertz CT molecular complexity index is 685. The highest BCUT2D eigenvalue weighted by Gasteiger charge is 2.14. The Morgan fingerprint density at radius 2 is 1.56 bits per heavy atom. The van der Waals surface area contributed by atoms with E-state index in [-0.39, 0.29) is 5.41 Å². The predicted octanol–water partition coefficient (Wildman–Crippen LogP) is 3.61. The molecule has 2 N–H and O–H groups in total. The van der Waals surface area contributed by atoms with Crippen molar-refractivity contribution in [2.24, 2.45) is 5.73 Å². The predicted molar refractivity (Wildman–Crippen MR) is 99.6 cm³/mol. The van der Waals surface area contributed by atoms with E-state index in [0.717, 1.165) is 16.9 Å². The number of benzene rings is 2. The minimum absolute atomic E-state index is 0.153. The quantitative estimate of drug-likeness (QED) is 0.816. The molecule has 0 aliphatic carbocycles. The van der Waals surface area contributed by atoms with E-state index in [2.05, 4.69) is 49.8 Å². The second-order valence-corrected chi connectivity index (χ2v) is 7.21. The van der Waals surface area contributed by atoms with Crippen LogP contribution < -0.4 is 10.5 Å². The molecule has 0 fully saturated rings. The van der Waals surface area contributed by atoms with Crippen molar-refractivity contribution in [3.05, 3.63) is 65.2 Å². The van der Waals surface area contributed by atoms with Gasteiger partial charge in [-0.25, -0.2) is 0 Å². The van der Waals surface area contributed by atoms with E-state index >= 15 is 0 Å². The summed E-state index contributed by atoms with van der Waals surface area (Å²) in [6, 6.07) is 15.5. The smallest absolute Gasteiger partial charge is 0.322 e. The number of carbonyl (C=O) groups excluding carboxylic acids is 1. The average Bonchev–Trinajstić information content (AvgIpc) is 2.60. The zero-order chi connectivity index (χ0) is 18.4. The fourth-order valence-electron chi connectivity index (χ4n) is 2.48. The zero-order valence-corrected chi connectivity index (χ0v) is 15.4. The van der Waals surface area contributed by atoms with Gasteiger partial charge in [-0.1, -0.05) is 57.2 Å². The summed E-state index contributed by atoms with van der Waals surface area (Å²) in [4.78, 5) is 11.4. The van der Waals surface area contributed by atoms with Crippen LogP contribution in [0.5, 0.6) is 5.75 Å². The molecule has 134 valence electrons. The maximum Gasteiger partial charge on any atom is 0.322 e. The van der Waals surface area contributed by atoms with Crippen LogP contribution >= 0.6 is 0 Å². The van der Waals surface area contributed by atoms with Crippen molar-refractivity contribution in [2.75, 3.05) is 7.11 Å². The third kappa shape index (κ3) is 5.61. The fraction of sp³-hybridized carbons (Fsp3) is 0.381. The van der Waals surface area contributed by atoms with Crippen LogP contribution in [0.1, 0.15) is 37.5 Å². The number of esters is 1. The van der Waals surface area contributed by atoms with Gasteiger partial charge in [0.05, 0.1) is 7.11 Å². The minimum Gasteiger partial charge on any atom is -0.489 e. The molecule has 4 nitrogen and oxygen atoms in total. The van der Waals surface area contributed by atoms with Crippen molar-refractivity contribution >= 4 is 5.97 Å². The molecule has 0 spiro atoms. The van der Waals surface area contributed by atoms with Gasteiger partial charge in [0.1, 0.15) is 18.4 Å². The number of nitrogens with two attached hydrogens (primary N) is 1. The van der Waals surface area contributed by atoms with Gasteiger partial charge in [0.2, 0.25) is 0 Å². The van der Waals surface area contributed by atoms with Crippen LogP contribution in [0, 0.1) is 0 Å². The molecule has 25 heavy (non-hydrogen) atoms. The molecular formula is C21H27NO3. The Hall–Kier alpha value is -2.33. The van der Waals surface area contributed by atoms with Crippen molar-refractivity contribution < 1.29 is 14.3 Å². The Balaban J connectivity index is 1.90. The molecule has 0 unspecified atom stereocenters. The van der Waals surface area contributed by atoms with Crippen molar-refractivity contribution in [2.45, 2.75) is 45.3 Å².